The van der Waals surface area contributed by atoms with Crippen LogP contribution in [0.1, 0.15) is 37.6 Å². The topological polar surface area (TPSA) is 57.2 Å². The maximum atomic E-state index is 12.1. The van der Waals surface area contributed by atoms with E-state index in [1.165, 1.54) is 4.88 Å². The van der Waals surface area contributed by atoms with Crippen molar-refractivity contribution in [2.24, 2.45) is 10.9 Å². The lowest BCUT2D eigenvalue weighted by molar-refractivity contribution is -0.149. The number of hydrogen-bond acceptors (Lipinski definition) is 5. The van der Waals surface area contributed by atoms with Crippen LogP contribution < -0.4 is 5.32 Å². The summed E-state index contributed by atoms with van der Waals surface area (Å²) in [5.41, 5.74) is 0. The number of hydrogen-bond donors (Lipinski definition) is 1. The Bertz CT molecular complexity index is 574. The van der Waals surface area contributed by atoms with E-state index in [9.17, 15) is 4.79 Å². The number of aliphatic imine (C=N–C) groups is 1. The highest BCUT2D eigenvalue weighted by atomic mass is 32.1. The second kappa shape index (κ2) is 10.5. The lowest BCUT2D eigenvalue weighted by atomic mass is 9.98. The summed E-state index contributed by atoms with van der Waals surface area (Å²) < 4.78 is 5.22. The number of carbonyl (C=O) groups is 1. The SMILES string of the molecule is CCNC(=NCC(c1cccs1)N(C)C)N1CCCC(C(=O)OCC)C1. The van der Waals surface area contributed by atoms with Crippen LogP contribution in [-0.2, 0) is 9.53 Å². The molecule has 0 aliphatic carbocycles. The summed E-state index contributed by atoms with van der Waals surface area (Å²) >= 11 is 1.76. The number of likely N-dealkylation sites (tertiary alicyclic amines) is 1. The number of esters is 1. The minimum absolute atomic E-state index is 0.0607. The predicted molar refractivity (Wildman–Crippen MR) is 108 cm³/mol. The number of ether oxygens (including phenoxy) is 1. The first-order valence-electron chi connectivity index (χ1n) is 9.46. The van der Waals surface area contributed by atoms with Crippen LogP contribution in [0.25, 0.3) is 0 Å². The van der Waals surface area contributed by atoms with Crippen LogP contribution in [0.3, 0.4) is 0 Å². The first kappa shape index (κ1) is 20.7. The molecular formula is C19H32N4O2S. The van der Waals surface area contributed by atoms with Crippen molar-refractivity contribution in [3.8, 4) is 0 Å². The molecule has 2 atom stereocenters. The molecule has 0 saturated carbocycles. The second-order valence-corrected chi connectivity index (χ2v) is 7.71. The van der Waals surface area contributed by atoms with Crippen molar-refractivity contribution in [1.82, 2.24) is 15.1 Å². The standard InChI is InChI=1S/C19H32N4O2S/c1-5-20-19(21-13-16(22(3)4)17-10-8-12-26-17)23-11-7-9-15(14-23)18(24)25-6-2/h8,10,12,15-16H,5-7,9,11,13-14H2,1-4H3,(H,20,21). The summed E-state index contributed by atoms with van der Waals surface area (Å²) in [4.78, 5) is 22.7. The van der Waals surface area contributed by atoms with E-state index in [0.29, 0.717) is 19.7 Å². The van der Waals surface area contributed by atoms with Gasteiger partial charge in [0.2, 0.25) is 0 Å². The van der Waals surface area contributed by atoms with Crippen molar-refractivity contribution in [2.45, 2.75) is 32.7 Å². The van der Waals surface area contributed by atoms with Crippen LogP contribution in [0.4, 0.5) is 0 Å². The second-order valence-electron chi connectivity index (χ2n) is 6.73. The Balaban J connectivity index is 2.08. The third kappa shape index (κ3) is 5.71. The smallest absolute Gasteiger partial charge is 0.310 e. The van der Waals surface area contributed by atoms with E-state index < -0.39 is 0 Å². The van der Waals surface area contributed by atoms with Gasteiger partial charge in [0, 0.05) is 24.5 Å². The van der Waals surface area contributed by atoms with Gasteiger partial charge in [-0.25, -0.2) is 0 Å². The van der Waals surface area contributed by atoms with Crippen molar-refractivity contribution in [2.75, 3.05) is 46.9 Å². The lowest BCUT2D eigenvalue weighted by Crippen LogP contribution is -2.48. The number of nitrogens with one attached hydrogen (secondary N) is 1. The van der Waals surface area contributed by atoms with Gasteiger partial charge in [-0.05, 0) is 52.2 Å². The van der Waals surface area contributed by atoms with Gasteiger partial charge in [-0.1, -0.05) is 6.07 Å². The van der Waals surface area contributed by atoms with E-state index in [-0.39, 0.29) is 17.9 Å². The van der Waals surface area contributed by atoms with Gasteiger partial charge in [-0.15, -0.1) is 11.3 Å². The number of guanidine groups is 1. The van der Waals surface area contributed by atoms with Crippen molar-refractivity contribution < 1.29 is 9.53 Å². The maximum absolute atomic E-state index is 12.1. The molecule has 1 aromatic heterocycles. The number of likely N-dealkylation sites (N-methyl/N-ethyl adjacent to an activating group) is 1. The molecule has 2 heterocycles. The quantitative estimate of drug-likeness (QED) is 0.448. The first-order chi connectivity index (χ1) is 12.6. The summed E-state index contributed by atoms with van der Waals surface area (Å²) in [6.45, 7) is 7.47. The number of rotatable bonds is 7. The largest absolute Gasteiger partial charge is 0.466 e. The average molecular weight is 381 g/mol. The van der Waals surface area contributed by atoms with Crippen LogP contribution in [-0.4, -0.2) is 68.6 Å². The normalized spacial score (nSPS) is 19.5. The van der Waals surface area contributed by atoms with Crippen molar-refractivity contribution in [3.63, 3.8) is 0 Å². The molecule has 2 rings (SSSR count). The van der Waals surface area contributed by atoms with Crippen LogP contribution in [0.5, 0.6) is 0 Å². The fourth-order valence-electron chi connectivity index (χ4n) is 3.21. The highest BCUT2D eigenvalue weighted by Gasteiger charge is 2.28. The number of carbonyl (C=O) groups excluding carboxylic acids is 1. The van der Waals surface area contributed by atoms with Crippen molar-refractivity contribution in [3.05, 3.63) is 22.4 Å². The Morgan fingerprint density at radius 2 is 2.31 bits per heavy atom. The molecule has 146 valence electrons. The summed E-state index contributed by atoms with van der Waals surface area (Å²) in [5.74, 6) is 0.747. The molecule has 1 aliphatic rings. The highest BCUT2D eigenvalue weighted by molar-refractivity contribution is 7.10. The summed E-state index contributed by atoms with van der Waals surface area (Å²) in [7, 11) is 4.18. The van der Waals surface area contributed by atoms with Crippen LogP contribution >= 0.6 is 11.3 Å². The molecule has 1 fully saturated rings. The molecule has 7 heteroatoms. The molecule has 1 saturated heterocycles. The Labute approximate surface area is 161 Å². The Hall–Kier alpha value is -1.60. The third-order valence-electron chi connectivity index (χ3n) is 4.58. The van der Waals surface area contributed by atoms with Gasteiger partial charge >= 0.3 is 5.97 Å². The molecule has 0 spiro atoms. The molecule has 26 heavy (non-hydrogen) atoms. The van der Waals surface area contributed by atoms with Gasteiger partial charge in [-0.2, -0.15) is 0 Å². The van der Waals surface area contributed by atoms with E-state index in [2.05, 4.69) is 53.6 Å². The Morgan fingerprint density at radius 3 is 2.92 bits per heavy atom. The average Bonchev–Trinajstić information content (AvgIpc) is 3.15. The molecule has 0 radical (unpaired) electrons. The number of piperidine rings is 1. The monoisotopic (exact) mass is 380 g/mol. The van der Waals surface area contributed by atoms with Gasteiger partial charge in [0.25, 0.3) is 0 Å². The van der Waals surface area contributed by atoms with Gasteiger partial charge in [0.1, 0.15) is 0 Å². The summed E-state index contributed by atoms with van der Waals surface area (Å²) in [5, 5.41) is 5.50. The maximum Gasteiger partial charge on any atom is 0.310 e. The van der Waals surface area contributed by atoms with Gasteiger partial charge < -0.3 is 19.9 Å². The van der Waals surface area contributed by atoms with Gasteiger partial charge in [-0.3, -0.25) is 9.79 Å². The zero-order valence-electron chi connectivity index (χ0n) is 16.4. The van der Waals surface area contributed by atoms with E-state index >= 15 is 0 Å². The third-order valence-corrected chi connectivity index (χ3v) is 5.56. The molecule has 0 aromatic carbocycles. The molecule has 1 N–H and O–H groups in total. The molecule has 1 aromatic rings. The van der Waals surface area contributed by atoms with Crippen molar-refractivity contribution in [1.29, 1.82) is 0 Å². The molecule has 0 amide bonds. The van der Waals surface area contributed by atoms with E-state index in [4.69, 9.17) is 9.73 Å². The highest BCUT2D eigenvalue weighted by Crippen LogP contribution is 2.24. The Kier molecular flexibility index (Phi) is 8.38. The van der Waals surface area contributed by atoms with Crippen LogP contribution in [0.2, 0.25) is 0 Å². The first-order valence-corrected chi connectivity index (χ1v) is 10.3. The zero-order valence-corrected chi connectivity index (χ0v) is 17.2. The molecule has 1 aliphatic heterocycles. The molecule has 0 bridgehead atoms. The van der Waals surface area contributed by atoms with Crippen LogP contribution in [0, 0.1) is 5.92 Å². The molecule has 2 unspecified atom stereocenters. The fraction of sp³-hybridized carbons (Fsp3) is 0.684. The van der Waals surface area contributed by atoms with Gasteiger partial charge in [0.15, 0.2) is 5.96 Å². The minimum atomic E-state index is -0.0854. The minimum Gasteiger partial charge on any atom is -0.466 e. The predicted octanol–water partition coefficient (Wildman–Crippen LogP) is 2.59. The van der Waals surface area contributed by atoms with Crippen molar-refractivity contribution >= 4 is 23.3 Å². The molecule has 6 nitrogen and oxygen atoms in total. The summed E-state index contributed by atoms with van der Waals surface area (Å²) in [6.07, 6.45) is 1.88. The number of thiophene rings is 1. The van der Waals surface area contributed by atoms with E-state index in [1.54, 1.807) is 11.3 Å². The molecular weight excluding hydrogens is 348 g/mol. The summed E-state index contributed by atoms with van der Waals surface area (Å²) in [6, 6.07) is 4.50. The fourth-order valence-corrected chi connectivity index (χ4v) is 4.12. The zero-order chi connectivity index (χ0) is 18.9. The van der Waals surface area contributed by atoms with Gasteiger partial charge in [0.05, 0.1) is 25.1 Å². The van der Waals surface area contributed by atoms with Crippen LogP contribution in [0.15, 0.2) is 22.5 Å². The lowest BCUT2D eigenvalue weighted by Gasteiger charge is -2.34. The van der Waals surface area contributed by atoms with E-state index in [0.717, 1.165) is 31.9 Å². The van der Waals surface area contributed by atoms with E-state index in [1.807, 2.05) is 6.92 Å². The Morgan fingerprint density at radius 1 is 1.50 bits per heavy atom. The number of nitrogens with zero attached hydrogens (tertiary/aromatic N) is 3.